The van der Waals surface area contributed by atoms with Gasteiger partial charge in [-0.25, -0.2) is 18.2 Å². The molecule has 6 nitrogen and oxygen atoms in total. The van der Waals surface area contributed by atoms with Crippen molar-refractivity contribution < 1.29 is 26.3 Å². The molecule has 0 aliphatic heterocycles. The van der Waals surface area contributed by atoms with Crippen LogP contribution in [0.2, 0.25) is 0 Å². The number of aryl methyl sites for hydroxylation is 1. The molecule has 1 heterocycles. The van der Waals surface area contributed by atoms with Crippen LogP contribution >= 0.6 is 0 Å². The second kappa shape index (κ2) is 8.11. The molecule has 1 aromatic heterocycles. The fourth-order valence-electron chi connectivity index (χ4n) is 3.10. The standard InChI is InChI=1S/C20H20F3N3O3S/c1-3-4-14-11-13(5-10-18(14)29-2)17-12-19(20(21,22)23)25-26(17)15-6-8-16(9-7-15)30(24,27)28/h5-12H,3-4H2,1-2H3,(H2,24,27,28). The van der Waals surface area contributed by atoms with Gasteiger partial charge in [-0.1, -0.05) is 13.3 Å². The van der Waals surface area contributed by atoms with Crippen molar-refractivity contribution in [2.45, 2.75) is 30.8 Å². The number of hydrogen-bond acceptors (Lipinski definition) is 4. The molecule has 0 fully saturated rings. The minimum absolute atomic E-state index is 0.148. The Kier molecular flexibility index (Phi) is 5.91. The monoisotopic (exact) mass is 439 g/mol. The maximum absolute atomic E-state index is 13.4. The summed E-state index contributed by atoms with van der Waals surface area (Å²) in [6.45, 7) is 1.99. The van der Waals surface area contributed by atoms with E-state index in [0.29, 0.717) is 17.7 Å². The van der Waals surface area contributed by atoms with Gasteiger partial charge in [0.2, 0.25) is 10.0 Å². The van der Waals surface area contributed by atoms with Crippen LogP contribution in [0.5, 0.6) is 5.75 Å². The van der Waals surface area contributed by atoms with E-state index in [4.69, 9.17) is 9.88 Å². The number of alkyl halides is 3. The number of primary sulfonamides is 1. The van der Waals surface area contributed by atoms with Gasteiger partial charge in [-0.15, -0.1) is 0 Å². The molecule has 2 aromatic carbocycles. The number of benzene rings is 2. The van der Waals surface area contributed by atoms with Crippen molar-refractivity contribution in [1.29, 1.82) is 0 Å². The van der Waals surface area contributed by atoms with Gasteiger partial charge in [0.1, 0.15) is 5.75 Å². The van der Waals surface area contributed by atoms with Crippen molar-refractivity contribution in [3.8, 4) is 22.7 Å². The fourth-order valence-corrected chi connectivity index (χ4v) is 3.62. The number of hydrogen-bond donors (Lipinski definition) is 1. The van der Waals surface area contributed by atoms with Crippen molar-refractivity contribution in [3.63, 3.8) is 0 Å². The zero-order chi connectivity index (χ0) is 22.1. The van der Waals surface area contributed by atoms with Crippen molar-refractivity contribution in [2.75, 3.05) is 7.11 Å². The average molecular weight is 439 g/mol. The molecule has 3 aromatic rings. The van der Waals surface area contributed by atoms with Gasteiger partial charge < -0.3 is 4.74 Å². The van der Waals surface area contributed by atoms with Crippen LogP contribution in [0.3, 0.4) is 0 Å². The van der Waals surface area contributed by atoms with Gasteiger partial charge in [-0.05, 0) is 60.5 Å². The van der Waals surface area contributed by atoms with Crippen molar-refractivity contribution in [1.82, 2.24) is 9.78 Å². The van der Waals surface area contributed by atoms with Crippen molar-refractivity contribution in [3.05, 3.63) is 59.8 Å². The summed E-state index contributed by atoms with van der Waals surface area (Å²) in [5, 5.41) is 8.81. The van der Waals surface area contributed by atoms with Gasteiger partial charge in [0.25, 0.3) is 0 Å². The van der Waals surface area contributed by atoms with E-state index in [-0.39, 0.29) is 16.3 Å². The van der Waals surface area contributed by atoms with Crippen molar-refractivity contribution >= 4 is 10.0 Å². The number of nitrogens with two attached hydrogens (primary N) is 1. The first kappa shape index (κ1) is 21.8. The molecule has 0 radical (unpaired) electrons. The van der Waals surface area contributed by atoms with Crippen LogP contribution in [-0.4, -0.2) is 25.3 Å². The van der Waals surface area contributed by atoms with Crippen LogP contribution in [0.25, 0.3) is 16.9 Å². The van der Waals surface area contributed by atoms with Gasteiger partial charge in [-0.2, -0.15) is 18.3 Å². The highest BCUT2D eigenvalue weighted by atomic mass is 32.2. The molecule has 0 atom stereocenters. The molecule has 10 heteroatoms. The Morgan fingerprint density at radius 1 is 1.10 bits per heavy atom. The summed E-state index contributed by atoms with van der Waals surface area (Å²) in [5.74, 6) is 0.653. The Morgan fingerprint density at radius 3 is 2.30 bits per heavy atom. The number of ether oxygens (including phenoxy) is 1. The molecule has 0 aliphatic rings. The minimum Gasteiger partial charge on any atom is -0.496 e. The number of aromatic nitrogens is 2. The highest BCUT2D eigenvalue weighted by molar-refractivity contribution is 7.89. The topological polar surface area (TPSA) is 87.2 Å². The Bertz CT molecular complexity index is 1150. The molecule has 0 spiro atoms. The lowest BCUT2D eigenvalue weighted by Gasteiger charge is -2.12. The molecule has 30 heavy (non-hydrogen) atoms. The van der Waals surface area contributed by atoms with Crippen LogP contribution in [0.1, 0.15) is 24.6 Å². The molecule has 0 aliphatic carbocycles. The molecular formula is C20H20F3N3O3S. The summed E-state index contributed by atoms with van der Waals surface area (Å²) in [6, 6.07) is 11.2. The first-order valence-electron chi connectivity index (χ1n) is 9.02. The second-order valence-electron chi connectivity index (χ2n) is 6.64. The third-order valence-electron chi connectivity index (χ3n) is 4.51. The summed E-state index contributed by atoms with van der Waals surface area (Å²) >= 11 is 0. The van der Waals surface area contributed by atoms with Gasteiger partial charge in [0.05, 0.1) is 23.4 Å². The Hall–Kier alpha value is -2.85. The quantitative estimate of drug-likeness (QED) is 0.625. The summed E-state index contributed by atoms with van der Waals surface area (Å²) in [5.41, 5.74) is 0.813. The van der Waals surface area contributed by atoms with Crippen LogP contribution in [0, 0.1) is 0 Å². The van der Waals surface area contributed by atoms with Crippen molar-refractivity contribution in [2.24, 2.45) is 5.14 Å². The van der Waals surface area contributed by atoms with E-state index in [9.17, 15) is 21.6 Å². The maximum Gasteiger partial charge on any atom is 0.435 e. The predicted octanol–water partition coefficient (Wildman–Crippen LogP) is 4.17. The van der Waals surface area contributed by atoms with E-state index >= 15 is 0 Å². The summed E-state index contributed by atoms with van der Waals surface area (Å²) in [6.07, 6.45) is -3.11. The second-order valence-corrected chi connectivity index (χ2v) is 8.20. The van der Waals surface area contributed by atoms with E-state index in [1.165, 1.54) is 31.4 Å². The lowest BCUT2D eigenvalue weighted by atomic mass is 10.0. The molecule has 0 saturated carbocycles. The van der Waals surface area contributed by atoms with E-state index in [0.717, 1.165) is 22.7 Å². The molecule has 0 bridgehead atoms. The maximum atomic E-state index is 13.4. The zero-order valence-electron chi connectivity index (χ0n) is 16.3. The number of methoxy groups -OCH3 is 1. The number of halogens is 3. The molecule has 0 amide bonds. The van der Waals surface area contributed by atoms with E-state index < -0.39 is 21.9 Å². The van der Waals surface area contributed by atoms with E-state index in [1.807, 2.05) is 6.92 Å². The smallest absolute Gasteiger partial charge is 0.435 e. The SMILES string of the molecule is CCCc1cc(-c2cc(C(F)(F)F)nn2-c2ccc(S(N)(=O)=O)cc2)ccc1OC. The molecule has 0 unspecified atom stereocenters. The zero-order valence-corrected chi connectivity index (χ0v) is 17.1. The Labute approximate surface area is 172 Å². The number of sulfonamides is 1. The largest absolute Gasteiger partial charge is 0.496 e. The van der Waals surface area contributed by atoms with Gasteiger partial charge >= 0.3 is 6.18 Å². The first-order valence-corrected chi connectivity index (χ1v) is 10.6. The molecule has 3 rings (SSSR count). The summed E-state index contributed by atoms with van der Waals surface area (Å²) in [4.78, 5) is -0.148. The highest BCUT2D eigenvalue weighted by Crippen LogP contribution is 2.35. The summed E-state index contributed by atoms with van der Waals surface area (Å²) < 4.78 is 69.5. The Morgan fingerprint density at radius 2 is 1.77 bits per heavy atom. The lowest BCUT2D eigenvalue weighted by molar-refractivity contribution is -0.141. The van der Waals surface area contributed by atoms with Crippen LogP contribution in [0.4, 0.5) is 13.2 Å². The van der Waals surface area contributed by atoms with E-state index in [2.05, 4.69) is 5.10 Å². The highest BCUT2D eigenvalue weighted by Gasteiger charge is 2.35. The Balaban J connectivity index is 2.18. The van der Waals surface area contributed by atoms with Crippen LogP contribution in [0.15, 0.2) is 53.4 Å². The normalized spacial score (nSPS) is 12.2. The average Bonchev–Trinajstić information content (AvgIpc) is 3.13. The molecule has 0 saturated heterocycles. The molecular weight excluding hydrogens is 419 g/mol. The molecule has 160 valence electrons. The van der Waals surface area contributed by atoms with E-state index in [1.54, 1.807) is 18.2 Å². The predicted molar refractivity (Wildman–Crippen MR) is 106 cm³/mol. The van der Waals surface area contributed by atoms with Gasteiger partial charge in [0, 0.05) is 5.56 Å². The number of nitrogens with zero attached hydrogens (tertiary/aromatic N) is 2. The van der Waals surface area contributed by atoms with Gasteiger partial charge in [-0.3, -0.25) is 0 Å². The minimum atomic E-state index is -4.64. The van der Waals surface area contributed by atoms with Crippen LogP contribution < -0.4 is 9.88 Å². The third kappa shape index (κ3) is 4.49. The fraction of sp³-hybridized carbons (Fsp3) is 0.250. The first-order chi connectivity index (χ1) is 14.0. The lowest BCUT2D eigenvalue weighted by Crippen LogP contribution is -2.12. The summed E-state index contributed by atoms with van der Waals surface area (Å²) in [7, 11) is -2.39. The van der Waals surface area contributed by atoms with Gasteiger partial charge in [0.15, 0.2) is 5.69 Å². The van der Waals surface area contributed by atoms with Crippen LogP contribution in [-0.2, 0) is 22.6 Å². The molecule has 2 N–H and O–H groups in total. The number of rotatable bonds is 6. The third-order valence-corrected chi connectivity index (χ3v) is 5.43.